The molecule has 0 amide bonds. The summed E-state index contributed by atoms with van der Waals surface area (Å²) in [6.07, 6.45) is 3.41. The molecular formula is C19H28BNO2. The Labute approximate surface area is 140 Å². The van der Waals surface area contributed by atoms with E-state index in [9.17, 15) is 0 Å². The molecule has 0 radical (unpaired) electrons. The van der Waals surface area contributed by atoms with Crippen molar-refractivity contribution in [1.29, 1.82) is 0 Å². The molecule has 3 saturated carbocycles. The van der Waals surface area contributed by atoms with Gasteiger partial charge in [0.2, 0.25) is 0 Å². The molecule has 124 valence electrons. The van der Waals surface area contributed by atoms with E-state index in [1.807, 2.05) is 0 Å². The summed E-state index contributed by atoms with van der Waals surface area (Å²) >= 11 is 0. The highest BCUT2D eigenvalue weighted by Gasteiger charge is 2.68. The predicted molar refractivity (Wildman–Crippen MR) is 93.0 cm³/mol. The Morgan fingerprint density at radius 1 is 1.22 bits per heavy atom. The summed E-state index contributed by atoms with van der Waals surface area (Å²) in [5.41, 5.74) is 9.18. The molecule has 3 aliphatic carbocycles. The Morgan fingerprint density at radius 3 is 2.57 bits per heavy atom. The second kappa shape index (κ2) is 5.08. The average Bonchev–Trinajstić information content (AvgIpc) is 2.86. The molecule has 1 aromatic carbocycles. The van der Waals surface area contributed by atoms with Crippen LogP contribution in [-0.4, -0.2) is 24.8 Å². The lowest BCUT2D eigenvalue weighted by Crippen LogP contribution is -2.65. The lowest BCUT2D eigenvalue weighted by molar-refractivity contribution is -0.199. The minimum Gasteiger partial charge on any atom is -0.404 e. The van der Waals surface area contributed by atoms with Crippen LogP contribution in [0.2, 0.25) is 0 Å². The van der Waals surface area contributed by atoms with Crippen LogP contribution in [0.1, 0.15) is 44.7 Å². The highest BCUT2D eigenvalue weighted by Crippen LogP contribution is 2.65. The van der Waals surface area contributed by atoms with Gasteiger partial charge >= 0.3 is 7.12 Å². The fourth-order valence-electron chi connectivity index (χ4n) is 5.17. The van der Waals surface area contributed by atoms with E-state index in [-0.39, 0.29) is 24.8 Å². The van der Waals surface area contributed by atoms with Gasteiger partial charge in [0.1, 0.15) is 0 Å². The first-order chi connectivity index (χ1) is 10.8. The van der Waals surface area contributed by atoms with E-state index in [0.29, 0.717) is 11.3 Å². The van der Waals surface area contributed by atoms with Crippen LogP contribution >= 0.6 is 0 Å². The van der Waals surface area contributed by atoms with Gasteiger partial charge in [0.05, 0.1) is 11.7 Å². The van der Waals surface area contributed by atoms with Crippen LogP contribution < -0.4 is 5.73 Å². The van der Waals surface area contributed by atoms with Gasteiger partial charge in [0.25, 0.3) is 0 Å². The molecule has 4 fully saturated rings. The van der Waals surface area contributed by atoms with Crippen molar-refractivity contribution in [2.75, 3.05) is 0 Å². The van der Waals surface area contributed by atoms with Gasteiger partial charge in [-0.3, -0.25) is 0 Å². The van der Waals surface area contributed by atoms with E-state index in [2.05, 4.69) is 52.0 Å². The van der Waals surface area contributed by atoms with Crippen LogP contribution in [0.4, 0.5) is 0 Å². The summed E-state index contributed by atoms with van der Waals surface area (Å²) in [4.78, 5) is 0. The highest BCUT2D eigenvalue weighted by molar-refractivity contribution is 6.47. The molecule has 1 heterocycles. The van der Waals surface area contributed by atoms with E-state index in [4.69, 9.17) is 15.0 Å². The molecule has 2 N–H and O–H groups in total. The summed E-state index contributed by atoms with van der Waals surface area (Å²) in [5, 5.41) is 0. The number of benzene rings is 1. The van der Waals surface area contributed by atoms with E-state index in [1.54, 1.807) is 0 Å². The van der Waals surface area contributed by atoms with Crippen LogP contribution in [0.15, 0.2) is 24.3 Å². The van der Waals surface area contributed by atoms with E-state index in [0.717, 1.165) is 18.8 Å². The third-order valence-corrected chi connectivity index (χ3v) is 6.91. The zero-order valence-electron chi connectivity index (χ0n) is 14.7. The Balaban J connectivity index is 1.47. The first-order valence-electron chi connectivity index (χ1n) is 8.95. The van der Waals surface area contributed by atoms with Gasteiger partial charge in [0, 0.05) is 5.94 Å². The molecule has 4 heteroatoms. The van der Waals surface area contributed by atoms with E-state index in [1.165, 1.54) is 17.5 Å². The normalized spacial score (nSPS) is 38.8. The molecule has 5 rings (SSSR count). The maximum absolute atomic E-state index is 6.45. The van der Waals surface area contributed by atoms with Crippen molar-refractivity contribution in [2.24, 2.45) is 23.0 Å². The molecule has 5 atom stereocenters. The van der Waals surface area contributed by atoms with E-state index >= 15 is 0 Å². The third-order valence-electron chi connectivity index (χ3n) is 6.91. The fourth-order valence-corrected chi connectivity index (χ4v) is 5.17. The molecule has 2 bridgehead atoms. The van der Waals surface area contributed by atoms with Crippen LogP contribution in [-0.2, 0) is 15.7 Å². The van der Waals surface area contributed by atoms with Crippen molar-refractivity contribution in [3.8, 4) is 0 Å². The maximum Gasteiger partial charge on any atom is 0.475 e. The van der Waals surface area contributed by atoms with Gasteiger partial charge in [0.15, 0.2) is 0 Å². The molecule has 1 aromatic rings. The van der Waals surface area contributed by atoms with Crippen LogP contribution in [0.5, 0.6) is 0 Å². The molecular weight excluding hydrogens is 285 g/mol. The van der Waals surface area contributed by atoms with Crippen molar-refractivity contribution < 1.29 is 9.31 Å². The number of nitrogens with two attached hydrogens (primary N) is 1. The Morgan fingerprint density at radius 2 is 1.91 bits per heavy atom. The summed E-state index contributed by atoms with van der Waals surface area (Å²) < 4.78 is 12.7. The molecule has 0 aromatic heterocycles. The van der Waals surface area contributed by atoms with Gasteiger partial charge in [-0.15, -0.1) is 0 Å². The monoisotopic (exact) mass is 313 g/mol. The van der Waals surface area contributed by atoms with Gasteiger partial charge in [-0.2, -0.15) is 0 Å². The number of aryl methyl sites for hydroxylation is 1. The molecule has 23 heavy (non-hydrogen) atoms. The lowest BCUT2D eigenvalue weighted by atomic mass is 9.43. The SMILES string of the molecule is Cc1ccc(C[C@H](N)B2O[C@H]3C[C@@H]4C[C@@H](C4(C)C)[C@]3(C)O2)cc1. The Bertz CT molecular complexity index is 602. The van der Waals surface area contributed by atoms with Crippen molar-refractivity contribution in [1.82, 2.24) is 0 Å². The number of rotatable bonds is 3. The molecule has 3 nitrogen and oxygen atoms in total. The molecule has 1 saturated heterocycles. The number of hydrogen-bond acceptors (Lipinski definition) is 3. The average molecular weight is 313 g/mol. The molecule has 0 spiro atoms. The van der Waals surface area contributed by atoms with Crippen molar-refractivity contribution in [2.45, 2.75) is 64.6 Å². The predicted octanol–water partition coefficient (Wildman–Crippen LogP) is 3.13. The standard InChI is InChI=1S/C19H28BNO2/c1-12-5-7-13(8-6-12)9-17(21)20-22-16-11-14-10-15(18(14,2)3)19(16,4)23-20/h5-8,14-17H,9-11,21H2,1-4H3/t14-,15-,16-,17-,19-/m0/s1. The van der Waals surface area contributed by atoms with Crippen LogP contribution in [0, 0.1) is 24.2 Å². The lowest BCUT2D eigenvalue weighted by Gasteiger charge is -2.64. The third kappa shape index (κ3) is 2.30. The summed E-state index contributed by atoms with van der Waals surface area (Å²) in [7, 11) is -0.276. The highest BCUT2D eigenvalue weighted by atomic mass is 16.7. The topological polar surface area (TPSA) is 44.5 Å². The van der Waals surface area contributed by atoms with Crippen molar-refractivity contribution in [3.05, 3.63) is 35.4 Å². The minimum atomic E-state index is -0.276. The molecule has 4 aliphatic rings. The van der Waals surface area contributed by atoms with E-state index < -0.39 is 0 Å². The summed E-state index contributed by atoms with van der Waals surface area (Å²) in [5.74, 6) is 1.26. The Kier molecular flexibility index (Phi) is 3.46. The van der Waals surface area contributed by atoms with Crippen LogP contribution in [0.3, 0.4) is 0 Å². The maximum atomic E-state index is 6.45. The second-order valence-electron chi connectivity index (χ2n) is 8.69. The molecule has 1 aliphatic heterocycles. The van der Waals surface area contributed by atoms with Crippen molar-refractivity contribution >= 4 is 7.12 Å². The Hall–Kier alpha value is -0.835. The second-order valence-corrected chi connectivity index (χ2v) is 8.69. The van der Waals surface area contributed by atoms with Gasteiger partial charge < -0.3 is 15.0 Å². The minimum absolute atomic E-state index is 0.111. The zero-order valence-corrected chi connectivity index (χ0v) is 14.7. The summed E-state index contributed by atoms with van der Waals surface area (Å²) in [6.45, 7) is 9.12. The number of hydrogen-bond donors (Lipinski definition) is 1. The first-order valence-corrected chi connectivity index (χ1v) is 8.95. The molecule has 0 unspecified atom stereocenters. The first kappa shape index (κ1) is 15.7. The van der Waals surface area contributed by atoms with Gasteiger partial charge in [-0.25, -0.2) is 0 Å². The van der Waals surface area contributed by atoms with Gasteiger partial charge in [-0.05, 0) is 55.9 Å². The van der Waals surface area contributed by atoms with Gasteiger partial charge in [-0.1, -0.05) is 43.7 Å². The largest absolute Gasteiger partial charge is 0.475 e. The quantitative estimate of drug-likeness (QED) is 0.872. The zero-order chi connectivity index (χ0) is 16.4. The van der Waals surface area contributed by atoms with Crippen molar-refractivity contribution in [3.63, 3.8) is 0 Å². The van der Waals surface area contributed by atoms with Crippen LogP contribution in [0.25, 0.3) is 0 Å². The fraction of sp³-hybridized carbons (Fsp3) is 0.684. The smallest absolute Gasteiger partial charge is 0.404 e. The summed E-state index contributed by atoms with van der Waals surface area (Å²) in [6, 6.07) is 8.57.